The number of ether oxygens (including phenoxy) is 2. The molecule has 0 fully saturated rings. The summed E-state index contributed by atoms with van der Waals surface area (Å²) in [5, 5.41) is 8.36. The van der Waals surface area contributed by atoms with Crippen molar-refractivity contribution in [2.75, 3.05) is 6.61 Å². The lowest BCUT2D eigenvalue weighted by Gasteiger charge is -2.06. The van der Waals surface area contributed by atoms with Crippen molar-refractivity contribution in [1.82, 2.24) is 0 Å². The molecule has 1 unspecified atom stereocenters. The van der Waals surface area contributed by atoms with Crippen molar-refractivity contribution in [2.45, 2.75) is 26.4 Å². The van der Waals surface area contributed by atoms with Crippen LogP contribution in [0.4, 0.5) is 4.79 Å². The highest BCUT2D eigenvalue weighted by molar-refractivity contribution is 5.60. The first-order chi connectivity index (χ1) is 5.24. The molecule has 0 saturated carbocycles. The van der Waals surface area contributed by atoms with Crippen LogP contribution >= 0.6 is 0 Å². The van der Waals surface area contributed by atoms with Crippen molar-refractivity contribution >= 4 is 6.16 Å². The molecule has 4 heteroatoms. The number of rotatable bonds is 3. The van der Waals surface area contributed by atoms with E-state index < -0.39 is 12.3 Å². The van der Waals surface area contributed by atoms with Gasteiger partial charge < -0.3 is 9.47 Å². The number of nitriles is 1. The number of hydrogen-bond donors (Lipinski definition) is 0. The molecule has 0 aliphatic rings. The van der Waals surface area contributed by atoms with Crippen LogP contribution < -0.4 is 0 Å². The molecule has 11 heavy (non-hydrogen) atoms. The Labute approximate surface area is 65.7 Å². The van der Waals surface area contributed by atoms with Gasteiger partial charge in [-0.05, 0) is 13.3 Å². The Balaban J connectivity index is 3.65. The van der Waals surface area contributed by atoms with Gasteiger partial charge in [0.1, 0.15) is 6.07 Å². The predicted molar refractivity (Wildman–Crippen MR) is 37.8 cm³/mol. The molecule has 0 aromatic heterocycles. The maximum atomic E-state index is 10.6. The lowest BCUT2D eigenvalue weighted by Crippen LogP contribution is -2.16. The Bertz CT molecular complexity index is 162. The molecule has 0 N–H and O–H groups in total. The molecule has 0 aromatic rings. The number of nitrogens with zero attached hydrogens (tertiary/aromatic N) is 1. The predicted octanol–water partition coefficient (Wildman–Crippen LogP) is 1.46. The molecule has 0 amide bonds. The van der Waals surface area contributed by atoms with E-state index in [4.69, 9.17) is 5.26 Å². The van der Waals surface area contributed by atoms with Crippen LogP contribution in [-0.2, 0) is 9.47 Å². The molecule has 0 rings (SSSR count). The van der Waals surface area contributed by atoms with Crippen LogP contribution in [0.5, 0.6) is 0 Å². The van der Waals surface area contributed by atoms with Gasteiger partial charge >= 0.3 is 6.16 Å². The van der Waals surface area contributed by atoms with Crippen LogP contribution in [-0.4, -0.2) is 18.9 Å². The fraction of sp³-hybridized carbons (Fsp3) is 0.714. The Morgan fingerprint density at radius 1 is 1.64 bits per heavy atom. The van der Waals surface area contributed by atoms with Gasteiger partial charge in [-0.2, -0.15) is 5.26 Å². The molecule has 4 nitrogen and oxygen atoms in total. The monoisotopic (exact) mass is 157 g/mol. The molecule has 0 saturated heterocycles. The summed E-state index contributed by atoms with van der Waals surface area (Å²) < 4.78 is 9.03. The van der Waals surface area contributed by atoms with Crippen LogP contribution in [0.3, 0.4) is 0 Å². The summed E-state index contributed by atoms with van der Waals surface area (Å²) in [6.45, 7) is 3.70. The van der Waals surface area contributed by atoms with E-state index in [-0.39, 0.29) is 6.61 Å². The van der Waals surface area contributed by atoms with E-state index in [1.54, 1.807) is 13.8 Å². The highest BCUT2D eigenvalue weighted by atomic mass is 16.7. The zero-order valence-corrected chi connectivity index (χ0v) is 6.66. The van der Waals surface area contributed by atoms with Gasteiger partial charge in [-0.15, -0.1) is 0 Å². The average molecular weight is 157 g/mol. The van der Waals surface area contributed by atoms with Crippen LogP contribution in [0.25, 0.3) is 0 Å². The van der Waals surface area contributed by atoms with E-state index >= 15 is 0 Å². The number of carbonyl (C=O) groups is 1. The first-order valence-electron chi connectivity index (χ1n) is 3.47. The fourth-order valence-corrected chi connectivity index (χ4v) is 0.469. The first-order valence-corrected chi connectivity index (χ1v) is 3.47. The maximum absolute atomic E-state index is 10.6. The van der Waals surface area contributed by atoms with Crippen LogP contribution in [0.15, 0.2) is 0 Å². The van der Waals surface area contributed by atoms with Crippen LogP contribution in [0.1, 0.15) is 20.3 Å². The lowest BCUT2D eigenvalue weighted by atomic mass is 10.3. The number of hydrogen-bond acceptors (Lipinski definition) is 4. The smallest absolute Gasteiger partial charge is 0.435 e. The summed E-state index contributed by atoms with van der Waals surface area (Å²) in [6.07, 6.45) is -0.982. The third kappa shape index (κ3) is 4.20. The van der Waals surface area contributed by atoms with Gasteiger partial charge in [-0.3, -0.25) is 0 Å². The standard InChI is InChI=1S/C7H11NO3/c1-3-6(5-8)11-7(9)10-4-2/h6H,3-4H2,1-2H3. The van der Waals surface area contributed by atoms with Gasteiger partial charge in [0.05, 0.1) is 6.61 Å². The lowest BCUT2D eigenvalue weighted by molar-refractivity contribution is 0.0416. The van der Waals surface area contributed by atoms with Gasteiger partial charge in [0.15, 0.2) is 6.10 Å². The minimum absolute atomic E-state index is 0.265. The van der Waals surface area contributed by atoms with E-state index in [0.29, 0.717) is 6.42 Å². The van der Waals surface area contributed by atoms with E-state index in [0.717, 1.165) is 0 Å². The summed E-state index contributed by atoms with van der Waals surface area (Å²) in [6, 6.07) is 1.82. The van der Waals surface area contributed by atoms with Gasteiger partial charge in [0.2, 0.25) is 0 Å². The molecule has 0 aliphatic heterocycles. The Kier molecular flexibility index (Phi) is 4.91. The Morgan fingerprint density at radius 2 is 2.27 bits per heavy atom. The summed E-state index contributed by atoms with van der Waals surface area (Å²) in [4.78, 5) is 10.6. The highest BCUT2D eigenvalue weighted by Crippen LogP contribution is 1.97. The van der Waals surface area contributed by atoms with E-state index in [9.17, 15) is 4.79 Å². The molecular weight excluding hydrogens is 146 g/mol. The van der Waals surface area contributed by atoms with Gasteiger partial charge in [0, 0.05) is 0 Å². The van der Waals surface area contributed by atoms with E-state index in [2.05, 4.69) is 9.47 Å². The van der Waals surface area contributed by atoms with Crippen LogP contribution in [0.2, 0.25) is 0 Å². The van der Waals surface area contributed by atoms with E-state index in [1.807, 2.05) is 6.07 Å². The van der Waals surface area contributed by atoms with Gasteiger partial charge in [-0.25, -0.2) is 4.79 Å². The third-order valence-electron chi connectivity index (χ3n) is 1.02. The minimum Gasteiger partial charge on any atom is -0.435 e. The summed E-state index contributed by atoms with van der Waals surface area (Å²) >= 11 is 0. The second-order valence-electron chi connectivity index (χ2n) is 1.83. The largest absolute Gasteiger partial charge is 0.509 e. The highest BCUT2D eigenvalue weighted by Gasteiger charge is 2.10. The molecule has 0 spiro atoms. The second kappa shape index (κ2) is 5.54. The summed E-state index contributed by atoms with van der Waals surface area (Å²) in [5.41, 5.74) is 0. The maximum Gasteiger partial charge on any atom is 0.509 e. The number of carbonyl (C=O) groups excluding carboxylic acids is 1. The molecule has 62 valence electrons. The van der Waals surface area contributed by atoms with Crippen molar-refractivity contribution in [1.29, 1.82) is 5.26 Å². The zero-order chi connectivity index (χ0) is 8.69. The second-order valence-corrected chi connectivity index (χ2v) is 1.83. The molecule has 0 aliphatic carbocycles. The fourth-order valence-electron chi connectivity index (χ4n) is 0.469. The topological polar surface area (TPSA) is 59.3 Å². The van der Waals surface area contributed by atoms with Crippen molar-refractivity contribution in [3.63, 3.8) is 0 Å². The molecular formula is C7H11NO3. The summed E-state index contributed by atoms with van der Waals surface area (Å²) in [7, 11) is 0. The quantitative estimate of drug-likeness (QED) is 0.582. The SMILES string of the molecule is CCOC(=O)OC(C#N)CC. The first kappa shape index (κ1) is 9.76. The van der Waals surface area contributed by atoms with Crippen molar-refractivity contribution in [2.24, 2.45) is 0 Å². The molecule has 0 radical (unpaired) electrons. The van der Waals surface area contributed by atoms with Crippen molar-refractivity contribution in [3.05, 3.63) is 0 Å². The zero-order valence-electron chi connectivity index (χ0n) is 6.66. The average Bonchev–Trinajstić information content (AvgIpc) is 2.01. The molecule has 0 aromatic carbocycles. The van der Waals surface area contributed by atoms with Crippen molar-refractivity contribution in [3.8, 4) is 6.07 Å². The third-order valence-corrected chi connectivity index (χ3v) is 1.02. The van der Waals surface area contributed by atoms with Gasteiger partial charge in [0.25, 0.3) is 0 Å². The minimum atomic E-state index is -0.777. The Hall–Kier alpha value is -1.24. The molecule has 1 atom stereocenters. The van der Waals surface area contributed by atoms with Crippen LogP contribution in [0, 0.1) is 11.3 Å². The molecule has 0 heterocycles. The summed E-state index contributed by atoms with van der Waals surface area (Å²) in [5.74, 6) is 0. The molecule has 0 bridgehead atoms. The Morgan fingerprint density at radius 3 is 2.64 bits per heavy atom. The normalized spacial score (nSPS) is 11.4. The van der Waals surface area contributed by atoms with Gasteiger partial charge in [-0.1, -0.05) is 6.92 Å². The van der Waals surface area contributed by atoms with E-state index in [1.165, 1.54) is 0 Å². The van der Waals surface area contributed by atoms with Crippen molar-refractivity contribution < 1.29 is 14.3 Å².